The van der Waals surface area contributed by atoms with E-state index in [-0.39, 0.29) is 16.3 Å². The Labute approximate surface area is 137 Å². The van der Waals surface area contributed by atoms with Gasteiger partial charge in [0.15, 0.2) is 0 Å². The predicted molar refractivity (Wildman–Crippen MR) is 88.7 cm³/mol. The van der Waals surface area contributed by atoms with Crippen LogP contribution >= 0.6 is 0 Å². The molecule has 1 aromatic carbocycles. The van der Waals surface area contributed by atoms with Crippen LogP contribution in [0.2, 0.25) is 0 Å². The Balaban J connectivity index is 2.40. The van der Waals surface area contributed by atoms with Crippen molar-refractivity contribution < 1.29 is 21.6 Å². The summed E-state index contributed by atoms with van der Waals surface area (Å²) in [6, 6.07) is 4.20. The van der Waals surface area contributed by atoms with Crippen LogP contribution in [0.5, 0.6) is 5.75 Å². The maximum Gasteiger partial charge on any atom is 0.243 e. The molecule has 0 saturated carbocycles. The lowest BCUT2D eigenvalue weighted by atomic mass is 10.2. The molecule has 0 amide bonds. The molecule has 0 unspecified atom stereocenters. The van der Waals surface area contributed by atoms with Crippen molar-refractivity contribution in [3.63, 3.8) is 0 Å². The molecule has 0 spiro atoms. The van der Waals surface area contributed by atoms with Crippen molar-refractivity contribution >= 4 is 25.7 Å². The Morgan fingerprint density at radius 1 is 1.04 bits per heavy atom. The predicted octanol–water partition coefficient (Wildman–Crippen LogP) is 1.63. The molecule has 1 heterocycles. The van der Waals surface area contributed by atoms with Crippen LogP contribution in [0.4, 0.5) is 5.69 Å². The fourth-order valence-electron chi connectivity index (χ4n) is 2.56. The molecule has 7 nitrogen and oxygen atoms in total. The van der Waals surface area contributed by atoms with E-state index >= 15 is 0 Å². The Hall–Kier alpha value is -1.32. The molecule has 2 rings (SSSR count). The number of methoxy groups -OCH3 is 1. The smallest absolute Gasteiger partial charge is 0.243 e. The highest BCUT2D eigenvalue weighted by molar-refractivity contribution is 7.92. The molecule has 1 aliphatic rings. The number of nitrogens with zero attached hydrogens (tertiary/aromatic N) is 1. The average molecular weight is 362 g/mol. The number of ether oxygens (including phenoxy) is 1. The van der Waals surface area contributed by atoms with Gasteiger partial charge in [0.25, 0.3) is 0 Å². The van der Waals surface area contributed by atoms with Gasteiger partial charge in [-0.1, -0.05) is 12.8 Å². The molecule has 130 valence electrons. The minimum Gasteiger partial charge on any atom is -0.495 e. The lowest BCUT2D eigenvalue weighted by Gasteiger charge is -2.21. The maximum atomic E-state index is 12.8. The molecular formula is C14H22N2O5S2. The summed E-state index contributed by atoms with van der Waals surface area (Å²) in [5.74, 6) is 0.269. The highest BCUT2D eigenvalue weighted by Gasteiger charge is 2.26. The normalized spacial score (nSPS) is 17.5. The summed E-state index contributed by atoms with van der Waals surface area (Å²) >= 11 is 0. The molecular weight excluding hydrogens is 340 g/mol. The Bertz CT molecular complexity index is 751. The van der Waals surface area contributed by atoms with E-state index in [0.717, 1.165) is 31.9 Å². The molecule has 0 atom stereocenters. The molecule has 1 aliphatic heterocycles. The monoisotopic (exact) mass is 362 g/mol. The molecule has 1 aromatic rings. The second kappa shape index (κ2) is 7.06. The number of nitrogens with one attached hydrogen (secondary N) is 1. The van der Waals surface area contributed by atoms with Gasteiger partial charge in [0.1, 0.15) is 5.75 Å². The van der Waals surface area contributed by atoms with E-state index in [9.17, 15) is 16.8 Å². The van der Waals surface area contributed by atoms with E-state index in [1.807, 2.05) is 0 Å². The number of hydrogen-bond donors (Lipinski definition) is 1. The van der Waals surface area contributed by atoms with Crippen molar-refractivity contribution in [2.24, 2.45) is 0 Å². The summed E-state index contributed by atoms with van der Waals surface area (Å²) in [6.45, 7) is 0.979. The molecule has 23 heavy (non-hydrogen) atoms. The van der Waals surface area contributed by atoms with Gasteiger partial charge in [0, 0.05) is 13.1 Å². The van der Waals surface area contributed by atoms with Crippen LogP contribution in [0.25, 0.3) is 0 Å². The van der Waals surface area contributed by atoms with Crippen LogP contribution in [0.3, 0.4) is 0 Å². The molecule has 1 fully saturated rings. The summed E-state index contributed by atoms with van der Waals surface area (Å²) in [5.41, 5.74) is 0.117. The quantitative estimate of drug-likeness (QED) is 0.859. The summed E-state index contributed by atoms with van der Waals surface area (Å²) in [6.07, 6.45) is 4.72. The van der Waals surface area contributed by atoms with Crippen molar-refractivity contribution in [2.75, 3.05) is 31.2 Å². The van der Waals surface area contributed by atoms with Crippen LogP contribution in [0.1, 0.15) is 25.7 Å². The van der Waals surface area contributed by atoms with Crippen LogP contribution in [-0.4, -0.2) is 47.6 Å². The van der Waals surface area contributed by atoms with Crippen molar-refractivity contribution in [3.8, 4) is 5.75 Å². The summed E-state index contributed by atoms with van der Waals surface area (Å²) in [4.78, 5) is 0.0614. The highest BCUT2D eigenvalue weighted by Crippen LogP contribution is 2.30. The molecule has 0 aliphatic carbocycles. The molecule has 1 N–H and O–H groups in total. The zero-order valence-electron chi connectivity index (χ0n) is 13.3. The second-order valence-electron chi connectivity index (χ2n) is 5.55. The van der Waals surface area contributed by atoms with Gasteiger partial charge in [-0.2, -0.15) is 4.31 Å². The Morgan fingerprint density at radius 2 is 1.65 bits per heavy atom. The van der Waals surface area contributed by atoms with Crippen molar-refractivity contribution in [2.45, 2.75) is 30.6 Å². The lowest BCUT2D eigenvalue weighted by molar-refractivity contribution is 0.415. The maximum absolute atomic E-state index is 12.8. The SMILES string of the molecule is COc1ccc(S(=O)(=O)N2CCCCCC2)cc1NS(C)(=O)=O. The number of hydrogen-bond acceptors (Lipinski definition) is 5. The van der Waals surface area contributed by atoms with E-state index in [2.05, 4.69) is 4.72 Å². The third-order valence-corrected chi connectivity index (χ3v) is 6.15. The first-order chi connectivity index (χ1) is 10.7. The summed E-state index contributed by atoms with van der Waals surface area (Å²) in [5, 5.41) is 0. The first kappa shape index (κ1) is 18.0. The first-order valence-corrected chi connectivity index (χ1v) is 10.7. The summed E-state index contributed by atoms with van der Waals surface area (Å²) in [7, 11) is -5.79. The fraction of sp³-hybridized carbons (Fsp3) is 0.571. The van der Waals surface area contributed by atoms with Gasteiger partial charge < -0.3 is 4.74 Å². The Morgan fingerprint density at radius 3 is 2.17 bits per heavy atom. The van der Waals surface area contributed by atoms with Gasteiger partial charge in [0.05, 0.1) is 23.9 Å². The van der Waals surface area contributed by atoms with E-state index in [4.69, 9.17) is 4.74 Å². The highest BCUT2D eigenvalue weighted by atomic mass is 32.2. The molecule has 9 heteroatoms. The van der Waals surface area contributed by atoms with Crippen LogP contribution < -0.4 is 9.46 Å². The molecule has 0 aromatic heterocycles. The van der Waals surface area contributed by atoms with Gasteiger partial charge in [-0.3, -0.25) is 4.72 Å². The number of benzene rings is 1. The van der Waals surface area contributed by atoms with E-state index < -0.39 is 20.0 Å². The van der Waals surface area contributed by atoms with Gasteiger partial charge in [-0.15, -0.1) is 0 Å². The van der Waals surface area contributed by atoms with E-state index in [1.165, 1.54) is 29.6 Å². The first-order valence-electron chi connectivity index (χ1n) is 7.40. The van der Waals surface area contributed by atoms with Gasteiger partial charge in [0.2, 0.25) is 20.0 Å². The largest absolute Gasteiger partial charge is 0.495 e. The topological polar surface area (TPSA) is 92.8 Å². The molecule has 1 saturated heterocycles. The van der Waals surface area contributed by atoms with Crippen molar-refractivity contribution in [1.82, 2.24) is 4.31 Å². The lowest BCUT2D eigenvalue weighted by Crippen LogP contribution is -2.32. The zero-order valence-corrected chi connectivity index (χ0v) is 14.9. The number of rotatable bonds is 5. The van der Waals surface area contributed by atoms with Crippen LogP contribution in [-0.2, 0) is 20.0 Å². The fourth-order valence-corrected chi connectivity index (χ4v) is 4.66. The van der Waals surface area contributed by atoms with Crippen LogP contribution in [0.15, 0.2) is 23.1 Å². The second-order valence-corrected chi connectivity index (χ2v) is 9.24. The summed E-state index contributed by atoms with van der Waals surface area (Å²) < 4.78 is 57.3. The molecule has 0 bridgehead atoms. The van der Waals surface area contributed by atoms with Crippen LogP contribution in [0, 0.1) is 0 Å². The van der Waals surface area contributed by atoms with Gasteiger partial charge >= 0.3 is 0 Å². The standard InChI is InChI=1S/C14H22N2O5S2/c1-21-14-8-7-12(11-13(14)15-22(2,17)18)23(19,20)16-9-5-3-4-6-10-16/h7-8,11,15H,3-6,9-10H2,1-2H3. The third kappa shape index (κ3) is 4.58. The third-order valence-electron chi connectivity index (χ3n) is 3.67. The van der Waals surface area contributed by atoms with Gasteiger partial charge in [-0.05, 0) is 31.0 Å². The van der Waals surface area contributed by atoms with E-state index in [1.54, 1.807) is 0 Å². The van der Waals surface area contributed by atoms with Crippen molar-refractivity contribution in [3.05, 3.63) is 18.2 Å². The van der Waals surface area contributed by atoms with Gasteiger partial charge in [-0.25, -0.2) is 16.8 Å². The zero-order chi connectivity index (χ0) is 17.1. The number of anilines is 1. The minimum atomic E-state index is -3.65. The molecule has 0 radical (unpaired) electrons. The van der Waals surface area contributed by atoms with E-state index in [0.29, 0.717) is 13.1 Å². The van der Waals surface area contributed by atoms with Crippen molar-refractivity contribution in [1.29, 1.82) is 0 Å². The Kier molecular flexibility index (Phi) is 5.53. The number of sulfonamides is 2. The average Bonchev–Trinajstić information content (AvgIpc) is 2.75. The minimum absolute atomic E-state index is 0.0614.